The van der Waals surface area contributed by atoms with Crippen LogP contribution in [0.1, 0.15) is 25.3 Å². The number of pyridine rings is 1. The summed E-state index contributed by atoms with van der Waals surface area (Å²) in [6.07, 6.45) is 1.93. The summed E-state index contributed by atoms with van der Waals surface area (Å²) in [5.74, 6) is -0.122. The van der Waals surface area contributed by atoms with E-state index in [2.05, 4.69) is 11.9 Å². The molecule has 22 heavy (non-hydrogen) atoms. The Morgan fingerprint density at radius 1 is 1.27 bits per heavy atom. The first-order chi connectivity index (χ1) is 10.7. The van der Waals surface area contributed by atoms with Crippen LogP contribution in [-0.2, 0) is 11.2 Å². The molecule has 1 aromatic carbocycles. The van der Waals surface area contributed by atoms with Gasteiger partial charge in [-0.2, -0.15) is 0 Å². The van der Waals surface area contributed by atoms with Crippen molar-refractivity contribution < 1.29 is 9.90 Å². The molecule has 0 saturated carbocycles. The fraction of sp³-hybridized carbons (Fsp3) is 0.412. The number of aromatic amines is 1. The molecular formula is C17H22N2O3. The van der Waals surface area contributed by atoms with E-state index >= 15 is 0 Å². The number of carbonyl (C=O) groups is 1. The monoisotopic (exact) mass is 302 g/mol. The topological polar surface area (TPSA) is 73.4 Å². The number of hydrogen-bond donors (Lipinski definition) is 2. The maximum atomic E-state index is 12.4. The lowest BCUT2D eigenvalue weighted by Crippen LogP contribution is -2.36. The minimum atomic E-state index is -0.230. The first-order valence-corrected chi connectivity index (χ1v) is 7.65. The standard InChI is InChI=1S/C17H22N2O3/c1-2-3-8-19(9-10-20)16(21)12-14-11-13-6-4-5-7-15(13)18-17(14)22/h4-7,11,20H,2-3,8-10,12H2,1H3,(H,18,22). The van der Waals surface area contributed by atoms with E-state index in [-0.39, 0.29) is 24.5 Å². The summed E-state index contributed by atoms with van der Waals surface area (Å²) in [5, 5.41) is 9.99. The van der Waals surface area contributed by atoms with Crippen LogP contribution in [0, 0.1) is 0 Å². The summed E-state index contributed by atoms with van der Waals surface area (Å²) in [6.45, 7) is 2.91. The van der Waals surface area contributed by atoms with Crippen molar-refractivity contribution in [3.05, 3.63) is 46.2 Å². The van der Waals surface area contributed by atoms with Crippen LogP contribution in [0.15, 0.2) is 35.1 Å². The van der Waals surface area contributed by atoms with Crippen molar-refractivity contribution >= 4 is 16.8 Å². The second kappa shape index (κ2) is 7.75. The van der Waals surface area contributed by atoms with E-state index in [1.807, 2.05) is 24.3 Å². The fourth-order valence-electron chi connectivity index (χ4n) is 2.43. The number of aliphatic hydroxyl groups excluding tert-OH is 1. The van der Waals surface area contributed by atoms with Crippen LogP contribution in [0.4, 0.5) is 0 Å². The van der Waals surface area contributed by atoms with Gasteiger partial charge in [-0.3, -0.25) is 9.59 Å². The van der Waals surface area contributed by atoms with Crippen LogP contribution in [0.3, 0.4) is 0 Å². The molecule has 1 amide bonds. The summed E-state index contributed by atoms with van der Waals surface area (Å²) in [6, 6.07) is 9.26. The molecule has 2 rings (SSSR count). The molecule has 2 aromatic rings. The number of unbranched alkanes of at least 4 members (excludes halogenated alkanes) is 1. The number of H-pyrrole nitrogens is 1. The van der Waals surface area contributed by atoms with E-state index in [0.29, 0.717) is 18.7 Å². The lowest BCUT2D eigenvalue weighted by atomic mass is 10.1. The van der Waals surface area contributed by atoms with Crippen LogP contribution in [0.5, 0.6) is 0 Å². The second-order valence-corrected chi connectivity index (χ2v) is 5.35. The first kappa shape index (κ1) is 16.2. The van der Waals surface area contributed by atoms with Crippen molar-refractivity contribution in [1.29, 1.82) is 0 Å². The molecule has 5 nitrogen and oxygen atoms in total. The predicted octanol–water partition coefficient (Wildman–Crippen LogP) is 1.69. The van der Waals surface area contributed by atoms with Gasteiger partial charge in [0.05, 0.1) is 13.0 Å². The number of nitrogens with one attached hydrogen (secondary N) is 1. The van der Waals surface area contributed by atoms with E-state index in [1.54, 1.807) is 11.0 Å². The van der Waals surface area contributed by atoms with Gasteiger partial charge >= 0.3 is 0 Å². The number of benzene rings is 1. The highest BCUT2D eigenvalue weighted by atomic mass is 16.3. The third-order valence-electron chi connectivity index (χ3n) is 3.68. The average molecular weight is 302 g/mol. The van der Waals surface area contributed by atoms with Crippen molar-refractivity contribution in [2.24, 2.45) is 0 Å². The van der Waals surface area contributed by atoms with E-state index < -0.39 is 0 Å². The van der Waals surface area contributed by atoms with Gasteiger partial charge < -0.3 is 15.0 Å². The van der Waals surface area contributed by atoms with Crippen molar-refractivity contribution in [2.75, 3.05) is 19.7 Å². The molecule has 0 unspecified atom stereocenters. The molecular weight excluding hydrogens is 280 g/mol. The van der Waals surface area contributed by atoms with E-state index in [9.17, 15) is 9.59 Å². The molecule has 1 heterocycles. The number of para-hydroxylation sites is 1. The summed E-state index contributed by atoms with van der Waals surface area (Å²) in [7, 11) is 0. The van der Waals surface area contributed by atoms with Crippen LogP contribution in [0.25, 0.3) is 10.9 Å². The molecule has 0 aliphatic carbocycles. The Morgan fingerprint density at radius 2 is 2.05 bits per heavy atom. The number of hydrogen-bond acceptors (Lipinski definition) is 3. The molecule has 118 valence electrons. The number of fused-ring (bicyclic) bond motifs is 1. The molecule has 2 N–H and O–H groups in total. The van der Waals surface area contributed by atoms with Gasteiger partial charge in [-0.25, -0.2) is 0 Å². The van der Waals surface area contributed by atoms with Gasteiger partial charge in [0.1, 0.15) is 0 Å². The van der Waals surface area contributed by atoms with E-state index in [0.717, 1.165) is 23.7 Å². The van der Waals surface area contributed by atoms with Gasteiger partial charge in [0.2, 0.25) is 5.91 Å². The lowest BCUT2D eigenvalue weighted by molar-refractivity contribution is -0.131. The van der Waals surface area contributed by atoms with Crippen LogP contribution in [0.2, 0.25) is 0 Å². The van der Waals surface area contributed by atoms with E-state index in [4.69, 9.17) is 5.11 Å². The maximum absolute atomic E-state index is 12.4. The number of nitrogens with zero attached hydrogens (tertiary/aromatic N) is 1. The molecule has 0 atom stereocenters. The molecule has 0 bridgehead atoms. The van der Waals surface area contributed by atoms with Gasteiger partial charge in [-0.15, -0.1) is 0 Å². The quantitative estimate of drug-likeness (QED) is 0.817. The third-order valence-corrected chi connectivity index (χ3v) is 3.68. The zero-order chi connectivity index (χ0) is 15.9. The van der Waals surface area contributed by atoms with Crippen LogP contribution in [-0.4, -0.2) is 40.6 Å². The van der Waals surface area contributed by atoms with Crippen molar-refractivity contribution in [2.45, 2.75) is 26.2 Å². The van der Waals surface area contributed by atoms with Crippen LogP contribution < -0.4 is 5.56 Å². The van der Waals surface area contributed by atoms with Crippen LogP contribution >= 0.6 is 0 Å². The zero-order valence-electron chi connectivity index (χ0n) is 12.8. The van der Waals surface area contributed by atoms with Gasteiger partial charge in [0.25, 0.3) is 5.56 Å². The lowest BCUT2D eigenvalue weighted by Gasteiger charge is -2.21. The molecule has 0 radical (unpaired) electrons. The van der Waals surface area contributed by atoms with E-state index in [1.165, 1.54) is 0 Å². The number of aliphatic hydroxyl groups is 1. The first-order valence-electron chi connectivity index (χ1n) is 7.65. The average Bonchev–Trinajstić information content (AvgIpc) is 2.52. The summed E-state index contributed by atoms with van der Waals surface area (Å²) in [5.41, 5.74) is 0.997. The summed E-state index contributed by atoms with van der Waals surface area (Å²) < 4.78 is 0. The number of aromatic nitrogens is 1. The summed E-state index contributed by atoms with van der Waals surface area (Å²) in [4.78, 5) is 28.9. The molecule has 0 spiro atoms. The Kier molecular flexibility index (Phi) is 5.72. The highest BCUT2D eigenvalue weighted by Crippen LogP contribution is 2.11. The normalized spacial score (nSPS) is 10.8. The number of carbonyl (C=O) groups excluding carboxylic acids is 1. The summed E-state index contributed by atoms with van der Waals surface area (Å²) >= 11 is 0. The number of amides is 1. The second-order valence-electron chi connectivity index (χ2n) is 5.35. The van der Waals surface area contributed by atoms with Gasteiger partial charge in [-0.1, -0.05) is 31.5 Å². The number of rotatable bonds is 7. The molecule has 0 aliphatic heterocycles. The molecule has 0 saturated heterocycles. The van der Waals surface area contributed by atoms with Crippen molar-refractivity contribution in [3.8, 4) is 0 Å². The predicted molar refractivity (Wildman–Crippen MR) is 86.8 cm³/mol. The minimum Gasteiger partial charge on any atom is -0.395 e. The van der Waals surface area contributed by atoms with Crippen molar-refractivity contribution in [3.63, 3.8) is 0 Å². The Hall–Kier alpha value is -2.14. The smallest absolute Gasteiger partial charge is 0.252 e. The Labute approximate surface area is 129 Å². The zero-order valence-corrected chi connectivity index (χ0v) is 12.8. The van der Waals surface area contributed by atoms with Gasteiger partial charge in [0.15, 0.2) is 0 Å². The SMILES string of the molecule is CCCCN(CCO)C(=O)Cc1cc2ccccc2[nH]c1=O. The maximum Gasteiger partial charge on any atom is 0.252 e. The highest BCUT2D eigenvalue weighted by Gasteiger charge is 2.15. The Morgan fingerprint density at radius 3 is 2.77 bits per heavy atom. The Balaban J connectivity index is 2.19. The highest BCUT2D eigenvalue weighted by molar-refractivity contribution is 5.82. The molecule has 5 heteroatoms. The van der Waals surface area contributed by atoms with Crippen molar-refractivity contribution in [1.82, 2.24) is 9.88 Å². The molecule has 0 aliphatic rings. The molecule has 1 aromatic heterocycles. The fourth-order valence-corrected chi connectivity index (χ4v) is 2.43. The largest absolute Gasteiger partial charge is 0.395 e. The van der Waals surface area contributed by atoms with Gasteiger partial charge in [0, 0.05) is 24.2 Å². The van der Waals surface area contributed by atoms with Gasteiger partial charge in [-0.05, 0) is 23.9 Å². The Bertz CT molecular complexity index is 694. The molecule has 0 fully saturated rings. The third kappa shape index (κ3) is 3.95. The minimum absolute atomic E-state index is 0.0594.